The van der Waals surface area contributed by atoms with Crippen molar-refractivity contribution >= 4 is 45.4 Å². The van der Waals surface area contributed by atoms with E-state index in [9.17, 15) is 4.79 Å². The first-order valence-corrected chi connectivity index (χ1v) is 12.2. The molecule has 0 spiro atoms. The second-order valence-electron chi connectivity index (χ2n) is 10.2. The molecule has 0 radical (unpaired) electrons. The summed E-state index contributed by atoms with van der Waals surface area (Å²) in [6.45, 7) is 0. The van der Waals surface area contributed by atoms with E-state index < -0.39 is 0 Å². The van der Waals surface area contributed by atoms with Crippen LogP contribution in [0.1, 0.15) is 38.5 Å². The Morgan fingerprint density at radius 3 is 2.03 bits per heavy atom. The van der Waals surface area contributed by atoms with Gasteiger partial charge in [-0.25, -0.2) is 0 Å². The third-order valence-corrected chi connectivity index (χ3v) is 8.23. The molecule has 4 aliphatic rings. The van der Waals surface area contributed by atoms with E-state index in [-0.39, 0.29) is 11.3 Å². The maximum Gasteiger partial charge on any atom is 0.232 e. The van der Waals surface area contributed by atoms with Crippen LogP contribution in [0.25, 0.3) is 10.8 Å². The third-order valence-electron chi connectivity index (χ3n) is 7.95. The molecule has 1 amide bonds. The summed E-state index contributed by atoms with van der Waals surface area (Å²) in [5, 5.41) is 6.01. The van der Waals surface area contributed by atoms with Crippen molar-refractivity contribution in [3.8, 4) is 0 Å². The number of nitrogens with zero attached hydrogens (tertiary/aromatic N) is 1. The Labute approximate surface area is 194 Å². The number of benzene rings is 3. The fourth-order valence-corrected chi connectivity index (χ4v) is 7.25. The third kappa shape index (κ3) is 3.41. The van der Waals surface area contributed by atoms with Crippen LogP contribution >= 0.6 is 12.2 Å². The summed E-state index contributed by atoms with van der Waals surface area (Å²) < 4.78 is 0. The molecular formula is C28H28N2OS. The molecule has 4 bridgehead atoms. The minimum absolute atomic E-state index is 0.142. The van der Waals surface area contributed by atoms with Crippen LogP contribution < -0.4 is 10.2 Å². The Kier molecular flexibility index (Phi) is 4.80. The summed E-state index contributed by atoms with van der Waals surface area (Å²) in [6.07, 6.45) is 7.08. The zero-order valence-electron chi connectivity index (χ0n) is 18.2. The van der Waals surface area contributed by atoms with Gasteiger partial charge >= 0.3 is 0 Å². The van der Waals surface area contributed by atoms with Gasteiger partial charge in [0.2, 0.25) is 5.91 Å². The second-order valence-corrected chi connectivity index (χ2v) is 10.5. The Morgan fingerprint density at radius 1 is 0.781 bits per heavy atom. The fourth-order valence-electron chi connectivity index (χ4n) is 6.95. The van der Waals surface area contributed by atoms with E-state index in [2.05, 4.69) is 35.6 Å². The van der Waals surface area contributed by atoms with Crippen LogP contribution in [-0.2, 0) is 4.79 Å². The summed E-state index contributed by atoms with van der Waals surface area (Å²) in [5.41, 5.74) is 1.70. The molecule has 4 heteroatoms. The van der Waals surface area contributed by atoms with Crippen LogP contribution in [0.2, 0.25) is 0 Å². The Hall–Kier alpha value is -2.72. The molecule has 0 unspecified atom stereocenters. The number of para-hydroxylation sites is 1. The van der Waals surface area contributed by atoms with Crippen LogP contribution in [-0.4, -0.2) is 11.0 Å². The van der Waals surface area contributed by atoms with E-state index in [1.807, 2.05) is 47.4 Å². The lowest BCUT2D eigenvalue weighted by atomic mass is 9.49. The van der Waals surface area contributed by atoms with Crippen LogP contribution in [0, 0.1) is 23.2 Å². The molecule has 4 fully saturated rings. The Morgan fingerprint density at radius 2 is 1.38 bits per heavy atom. The number of hydrogen-bond acceptors (Lipinski definition) is 2. The molecule has 7 rings (SSSR count). The molecule has 3 nitrogen and oxygen atoms in total. The number of carbonyl (C=O) groups excluding carboxylic acids is 1. The van der Waals surface area contributed by atoms with Crippen molar-refractivity contribution in [1.29, 1.82) is 0 Å². The molecule has 32 heavy (non-hydrogen) atoms. The summed E-state index contributed by atoms with van der Waals surface area (Å²) in [7, 11) is 0. The van der Waals surface area contributed by atoms with Gasteiger partial charge in [-0.15, -0.1) is 0 Å². The number of nitrogens with one attached hydrogen (secondary N) is 1. The Balaban J connectivity index is 1.32. The van der Waals surface area contributed by atoms with Crippen molar-refractivity contribution in [3.63, 3.8) is 0 Å². The van der Waals surface area contributed by atoms with Crippen LogP contribution in [0.3, 0.4) is 0 Å². The summed E-state index contributed by atoms with van der Waals surface area (Å²) >= 11 is 5.89. The fraction of sp³-hybridized carbons (Fsp3) is 0.357. The smallest absolute Gasteiger partial charge is 0.232 e. The molecule has 3 aromatic rings. The predicted octanol–water partition coefficient (Wildman–Crippen LogP) is 6.60. The van der Waals surface area contributed by atoms with Gasteiger partial charge in [0.15, 0.2) is 5.11 Å². The average molecular weight is 441 g/mol. The molecular weight excluding hydrogens is 412 g/mol. The topological polar surface area (TPSA) is 32.3 Å². The van der Waals surface area contributed by atoms with Gasteiger partial charge in [-0.2, -0.15) is 0 Å². The zero-order valence-corrected chi connectivity index (χ0v) is 19.0. The average Bonchev–Trinajstić information content (AvgIpc) is 2.79. The van der Waals surface area contributed by atoms with Crippen molar-refractivity contribution in [1.82, 2.24) is 5.32 Å². The maximum atomic E-state index is 13.7. The van der Waals surface area contributed by atoms with E-state index in [0.29, 0.717) is 5.11 Å². The van der Waals surface area contributed by atoms with E-state index >= 15 is 0 Å². The number of thiocarbonyl (C=S) groups is 1. The van der Waals surface area contributed by atoms with Gasteiger partial charge in [0.05, 0.1) is 5.41 Å². The van der Waals surface area contributed by atoms with E-state index in [0.717, 1.165) is 53.8 Å². The van der Waals surface area contributed by atoms with E-state index in [1.165, 1.54) is 24.6 Å². The maximum absolute atomic E-state index is 13.7. The first-order valence-electron chi connectivity index (χ1n) is 11.8. The van der Waals surface area contributed by atoms with Crippen molar-refractivity contribution in [2.75, 3.05) is 4.90 Å². The molecule has 0 aromatic heterocycles. The summed E-state index contributed by atoms with van der Waals surface area (Å²) in [4.78, 5) is 15.7. The van der Waals surface area contributed by atoms with Crippen LogP contribution in [0.4, 0.5) is 11.4 Å². The highest BCUT2D eigenvalue weighted by atomic mass is 32.1. The van der Waals surface area contributed by atoms with E-state index in [4.69, 9.17) is 12.2 Å². The van der Waals surface area contributed by atoms with Crippen molar-refractivity contribution in [3.05, 3.63) is 72.8 Å². The summed E-state index contributed by atoms with van der Waals surface area (Å²) in [5.74, 6) is 2.33. The first-order chi connectivity index (χ1) is 15.6. The van der Waals surface area contributed by atoms with Gasteiger partial charge < -0.3 is 5.32 Å². The lowest BCUT2D eigenvalue weighted by Crippen LogP contribution is -2.55. The van der Waals surface area contributed by atoms with Gasteiger partial charge in [-0.1, -0.05) is 48.5 Å². The molecule has 0 aliphatic heterocycles. The number of carbonyl (C=O) groups is 1. The lowest BCUT2D eigenvalue weighted by Gasteiger charge is -2.55. The normalized spacial score (nSPS) is 27.9. The number of fused-ring (bicyclic) bond motifs is 1. The monoisotopic (exact) mass is 440 g/mol. The second kappa shape index (κ2) is 7.70. The molecule has 0 heterocycles. The highest BCUT2D eigenvalue weighted by molar-refractivity contribution is 7.80. The minimum Gasteiger partial charge on any atom is -0.302 e. The number of hydrogen-bond donors (Lipinski definition) is 1. The van der Waals surface area contributed by atoms with Gasteiger partial charge in [0.25, 0.3) is 0 Å². The summed E-state index contributed by atoms with van der Waals surface area (Å²) in [6, 6.07) is 24.8. The largest absolute Gasteiger partial charge is 0.302 e. The van der Waals surface area contributed by atoms with Crippen LogP contribution in [0.5, 0.6) is 0 Å². The van der Waals surface area contributed by atoms with Gasteiger partial charge in [0, 0.05) is 11.4 Å². The molecule has 1 N–H and O–H groups in total. The standard InChI is InChI=1S/C28H28N2OS/c31-26(28-16-19-12-20(17-28)14-21(13-19)18-28)29-27(32)30(24-8-2-1-3-9-24)25-11-10-22-6-4-5-7-23(22)15-25/h1-11,15,19-21H,12-14,16-18H2,(H,29,31,32). The molecule has 0 atom stereocenters. The van der Waals surface area contributed by atoms with Crippen molar-refractivity contribution in [2.45, 2.75) is 38.5 Å². The lowest BCUT2D eigenvalue weighted by molar-refractivity contribution is -0.144. The molecule has 4 aliphatic carbocycles. The number of rotatable bonds is 3. The first kappa shape index (κ1) is 19.9. The van der Waals surface area contributed by atoms with Gasteiger partial charge in [-0.3, -0.25) is 9.69 Å². The molecule has 0 saturated heterocycles. The number of amides is 1. The van der Waals surface area contributed by atoms with Crippen LogP contribution in [0.15, 0.2) is 72.8 Å². The Bertz CT molecular complexity index is 1150. The molecule has 162 valence electrons. The van der Waals surface area contributed by atoms with Crippen molar-refractivity contribution in [2.24, 2.45) is 23.2 Å². The van der Waals surface area contributed by atoms with E-state index in [1.54, 1.807) is 0 Å². The molecule has 4 saturated carbocycles. The quantitative estimate of drug-likeness (QED) is 0.466. The highest BCUT2D eigenvalue weighted by Crippen LogP contribution is 2.60. The highest BCUT2D eigenvalue weighted by Gasteiger charge is 2.54. The SMILES string of the molecule is O=C(NC(=S)N(c1ccccc1)c1ccc2ccccc2c1)C12CC3CC(CC(C3)C1)C2. The van der Waals surface area contributed by atoms with Gasteiger partial charge in [0.1, 0.15) is 0 Å². The zero-order chi connectivity index (χ0) is 21.7. The number of anilines is 2. The predicted molar refractivity (Wildman–Crippen MR) is 134 cm³/mol. The van der Waals surface area contributed by atoms with Crippen molar-refractivity contribution < 1.29 is 4.79 Å². The molecule has 3 aromatic carbocycles. The van der Waals surface area contributed by atoms with Gasteiger partial charge in [-0.05, 0) is 104 Å². The minimum atomic E-state index is -0.218.